The second-order valence-corrected chi connectivity index (χ2v) is 3.47. The zero-order valence-electron chi connectivity index (χ0n) is 9.88. The summed E-state index contributed by atoms with van der Waals surface area (Å²) in [5.41, 5.74) is 0.904. The molecule has 0 saturated heterocycles. The lowest BCUT2D eigenvalue weighted by atomic mass is 10.2. The highest BCUT2D eigenvalue weighted by molar-refractivity contribution is 5.77. The van der Waals surface area contributed by atoms with Crippen molar-refractivity contribution in [3.8, 4) is 0 Å². The van der Waals surface area contributed by atoms with E-state index in [0.717, 1.165) is 10.5 Å². The summed E-state index contributed by atoms with van der Waals surface area (Å²) in [5, 5.41) is 0. The van der Waals surface area contributed by atoms with Gasteiger partial charge in [0.1, 0.15) is 13.2 Å². The Morgan fingerprint density at radius 1 is 1.24 bits per heavy atom. The van der Waals surface area contributed by atoms with Crippen molar-refractivity contribution in [1.82, 2.24) is 4.90 Å². The number of methoxy groups -OCH3 is 1. The quantitative estimate of drug-likeness (QED) is 0.743. The zero-order chi connectivity index (χ0) is 12.7. The van der Waals surface area contributed by atoms with E-state index in [9.17, 15) is 9.59 Å². The number of amides is 1. The fraction of sp³-hybridized carbons (Fsp3) is 0.333. The third-order valence-electron chi connectivity index (χ3n) is 2.10. The Bertz CT molecular complexity index is 377. The molecular weight excluding hydrogens is 222 g/mol. The highest BCUT2D eigenvalue weighted by Crippen LogP contribution is 2.01. The molecular formula is C12H15NO4. The van der Waals surface area contributed by atoms with E-state index in [4.69, 9.17) is 4.74 Å². The number of nitrogens with zero attached hydrogens (tertiary/aromatic N) is 1. The van der Waals surface area contributed by atoms with E-state index in [0.29, 0.717) is 0 Å². The summed E-state index contributed by atoms with van der Waals surface area (Å²) < 4.78 is 9.46. The van der Waals surface area contributed by atoms with Crippen molar-refractivity contribution >= 4 is 12.1 Å². The smallest absolute Gasteiger partial charge is 0.409 e. The van der Waals surface area contributed by atoms with Gasteiger partial charge < -0.3 is 14.4 Å². The molecule has 0 saturated carbocycles. The summed E-state index contributed by atoms with van der Waals surface area (Å²) in [6, 6.07) is 9.33. The Morgan fingerprint density at radius 3 is 2.47 bits per heavy atom. The van der Waals surface area contributed by atoms with Gasteiger partial charge in [0.05, 0.1) is 7.11 Å². The normalized spacial score (nSPS) is 9.53. The van der Waals surface area contributed by atoms with Gasteiger partial charge in [0.2, 0.25) is 0 Å². The van der Waals surface area contributed by atoms with Crippen molar-refractivity contribution in [1.29, 1.82) is 0 Å². The van der Waals surface area contributed by atoms with Crippen LogP contribution in [0.15, 0.2) is 30.3 Å². The van der Waals surface area contributed by atoms with Crippen LogP contribution < -0.4 is 0 Å². The van der Waals surface area contributed by atoms with Gasteiger partial charge in [0.15, 0.2) is 0 Å². The Labute approximate surface area is 99.9 Å². The number of carbonyl (C=O) groups is 2. The molecule has 0 aliphatic heterocycles. The highest BCUT2D eigenvalue weighted by Gasteiger charge is 2.13. The highest BCUT2D eigenvalue weighted by atomic mass is 16.5. The molecule has 0 heterocycles. The fourth-order valence-corrected chi connectivity index (χ4v) is 1.20. The van der Waals surface area contributed by atoms with Crippen LogP contribution in [0.1, 0.15) is 5.56 Å². The molecule has 0 aromatic heterocycles. The van der Waals surface area contributed by atoms with Gasteiger partial charge in [-0.3, -0.25) is 4.79 Å². The Hall–Kier alpha value is -2.04. The van der Waals surface area contributed by atoms with E-state index in [2.05, 4.69) is 4.74 Å². The summed E-state index contributed by atoms with van der Waals surface area (Å²) in [7, 11) is 2.73. The third-order valence-corrected chi connectivity index (χ3v) is 2.10. The summed E-state index contributed by atoms with van der Waals surface area (Å²) >= 11 is 0. The van der Waals surface area contributed by atoms with Crippen LogP contribution in [0.4, 0.5) is 4.79 Å². The second kappa shape index (κ2) is 6.52. The van der Waals surface area contributed by atoms with Crippen molar-refractivity contribution in [3.05, 3.63) is 35.9 Å². The van der Waals surface area contributed by atoms with Gasteiger partial charge in [0, 0.05) is 7.05 Å². The summed E-state index contributed by atoms with van der Waals surface area (Å²) in [6.07, 6.45) is -0.568. The molecule has 0 fully saturated rings. The first kappa shape index (κ1) is 13.0. The van der Waals surface area contributed by atoms with E-state index >= 15 is 0 Å². The van der Waals surface area contributed by atoms with E-state index in [-0.39, 0.29) is 13.2 Å². The number of hydrogen-bond acceptors (Lipinski definition) is 4. The van der Waals surface area contributed by atoms with Crippen molar-refractivity contribution in [2.45, 2.75) is 6.61 Å². The molecule has 0 aliphatic rings. The standard InChI is InChI=1S/C12H15NO4/c1-13(12(15)16-2)8-11(14)17-9-10-6-4-3-5-7-10/h3-7H,8-9H2,1-2H3. The van der Waals surface area contributed by atoms with Crippen molar-refractivity contribution < 1.29 is 19.1 Å². The van der Waals surface area contributed by atoms with E-state index in [1.165, 1.54) is 14.2 Å². The first-order chi connectivity index (χ1) is 8.13. The van der Waals surface area contributed by atoms with Crippen LogP contribution in [-0.4, -0.2) is 37.7 Å². The second-order valence-electron chi connectivity index (χ2n) is 3.47. The summed E-state index contributed by atoms with van der Waals surface area (Å²) in [6.45, 7) is 0.0776. The van der Waals surface area contributed by atoms with Gasteiger partial charge >= 0.3 is 12.1 Å². The van der Waals surface area contributed by atoms with Crippen LogP contribution in [-0.2, 0) is 20.9 Å². The number of esters is 1. The van der Waals surface area contributed by atoms with Gasteiger partial charge in [-0.15, -0.1) is 0 Å². The molecule has 0 atom stereocenters. The number of likely N-dealkylation sites (N-methyl/N-ethyl adjacent to an activating group) is 1. The maximum absolute atomic E-state index is 11.4. The Morgan fingerprint density at radius 2 is 1.88 bits per heavy atom. The maximum atomic E-state index is 11.4. The van der Waals surface area contributed by atoms with Crippen molar-refractivity contribution in [2.75, 3.05) is 20.7 Å². The van der Waals surface area contributed by atoms with E-state index in [1.54, 1.807) is 0 Å². The van der Waals surface area contributed by atoms with Crippen LogP contribution in [0.25, 0.3) is 0 Å². The molecule has 1 aromatic rings. The maximum Gasteiger partial charge on any atom is 0.409 e. The van der Waals surface area contributed by atoms with Crippen LogP contribution in [0, 0.1) is 0 Å². The van der Waals surface area contributed by atoms with Crippen molar-refractivity contribution in [3.63, 3.8) is 0 Å². The zero-order valence-corrected chi connectivity index (χ0v) is 9.88. The first-order valence-electron chi connectivity index (χ1n) is 5.12. The van der Waals surface area contributed by atoms with Gasteiger partial charge in [-0.1, -0.05) is 30.3 Å². The number of rotatable bonds is 4. The molecule has 0 unspecified atom stereocenters. The van der Waals surface area contributed by atoms with Gasteiger partial charge in [-0.05, 0) is 5.56 Å². The van der Waals surface area contributed by atoms with Gasteiger partial charge in [-0.25, -0.2) is 4.79 Å². The molecule has 1 rings (SSSR count). The first-order valence-corrected chi connectivity index (χ1v) is 5.12. The number of benzene rings is 1. The van der Waals surface area contributed by atoms with Crippen LogP contribution >= 0.6 is 0 Å². The molecule has 0 spiro atoms. The minimum atomic E-state index is -0.568. The number of ether oxygens (including phenoxy) is 2. The minimum Gasteiger partial charge on any atom is -0.459 e. The van der Waals surface area contributed by atoms with Crippen LogP contribution in [0.5, 0.6) is 0 Å². The van der Waals surface area contributed by atoms with Gasteiger partial charge in [-0.2, -0.15) is 0 Å². The molecule has 1 aromatic carbocycles. The largest absolute Gasteiger partial charge is 0.459 e. The molecule has 5 nitrogen and oxygen atoms in total. The average molecular weight is 237 g/mol. The minimum absolute atomic E-state index is 0.125. The predicted octanol–water partition coefficient (Wildman–Crippen LogP) is 1.43. The average Bonchev–Trinajstić information content (AvgIpc) is 2.36. The number of hydrogen-bond donors (Lipinski definition) is 0. The Balaban J connectivity index is 2.33. The molecule has 0 bridgehead atoms. The lowest BCUT2D eigenvalue weighted by molar-refractivity contribution is -0.145. The van der Waals surface area contributed by atoms with Crippen molar-refractivity contribution in [2.24, 2.45) is 0 Å². The lowest BCUT2D eigenvalue weighted by Crippen LogP contribution is -2.32. The Kier molecular flexibility index (Phi) is 5.00. The van der Waals surface area contributed by atoms with Crippen LogP contribution in [0.2, 0.25) is 0 Å². The van der Waals surface area contributed by atoms with Crippen LogP contribution in [0.3, 0.4) is 0 Å². The fourth-order valence-electron chi connectivity index (χ4n) is 1.20. The molecule has 17 heavy (non-hydrogen) atoms. The molecule has 0 N–H and O–H groups in total. The molecule has 1 amide bonds. The molecule has 0 radical (unpaired) electrons. The lowest BCUT2D eigenvalue weighted by Gasteiger charge is -2.14. The molecule has 92 valence electrons. The topological polar surface area (TPSA) is 55.8 Å². The van der Waals surface area contributed by atoms with E-state index < -0.39 is 12.1 Å². The summed E-state index contributed by atoms with van der Waals surface area (Å²) in [4.78, 5) is 23.5. The summed E-state index contributed by atoms with van der Waals surface area (Å²) in [5.74, 6) is -0.471. The van der Waals surface area contributed by atoms with E-state index in [1.807, 2.05) is 30.3 Å². The molecule has 5 heteroatoms. The SMILES string of the molecule is COC(=O)N(C)CC(=O)OCc1ccccc1. The third kappa shape index (κ3) is 4.55. The number of carbonyl (C=O) groups excluding carboxylic acids is 2. The predicted molar refractivity (Wildman–Crippen MR) is 61.3 cm³/mol. The van der Waals surface area contributed by atoms with Gasteiger partial charge in [0.25, 0.3) is 0 Å². The monoisotopic (exact) mass is 237 g/mol. The molecule has 0 aliphatic carbocycles.